The normalized spacial score (nSPS) is 15.7. The number of hydrogen-bond acceptors (Lipinski definition) is 5. The minimum Gasteiger partial charge on any atom is -0.467 e. The number of amides is 1. The van der Waals surface area contributed by atoms with Gasteiger partial charge in [-0.05, 0) is 31.0 Å². The number of methoxy groups -OCH3 is 1. The van der Waals surface area contributed by atoms with Gasteiger partial charge >= 0.3 is 5.97 Å². The van der Waals surface area contributed by atoms with Gasteiger partial charge in [0.15, 0.2) is 0 Å². The molecule has 1 aliphatic rings. The Labute approximate surface area is 146 Å². The quantitative estimate of drug-likeness (QED) is 0.845. The summed E-state index contributed by atoms with van der Waals surface area (Å²) in [7, 11) is 1.36. The molecule has 1 fully saturated rings. The largest absolute Gasteiger partial charge is 0.467 e. The molecule has 6 nitrogen and oxygen atoms in total. The Balaban J connectivity index is 1.50. The third kappa shape index (κ3) is 4.28. The molecule has 0 radical (unpaired) electrons. The van der Waals surface area contributed by atoms with E-state index in [1.807, 2.05) is 30.3 Å². The minimum atomic E-state index is -0.381. The van der Waals surface area contributed by atoms with Gasteiger partial charge in [-0.1, -0.05) is 18.2 Å². The molecule has 2 heterocycles. The number of hydrogen-bond donors (Lipinski definition) is 1. The van der Waals surface area contributed by atoms with E-state index in [1.165, 1.54) is 13.4 Å². The van der Waals surface area contributed by atoms with Crippen molar-refractivity contribution in [1.82, 2.24) is 10.2 Å². The van der Waals surface area contributed by atoms with Crippen LogP contribution in [-0.2, 0) is 11.3 Å². The summed E-state index contributed by atoms with van der Waals surface area (Å²) in [5.74, 6) is 0.213. The number of esters is 1. The molecule has 1 aromatic heterocycles. The van der Waals surface area contributed by atoms with Gasteiger partial charge in [-0.3, -0.25) is 9.69 Å². The van der Waals surface area contributed by atoms with Gasteiger partial charge in [-0.15, -0.1) is 0 Å². The Kier molecular flexibility index (Phi) is 5.50. The summed E-state index contributed by atoms with van der Waals surface area (Å²) in [5, 5.41) is 3.09. The fraction of sp³-hybridized carbons (Fsp3) is 0.368. The number of benzene rings is 1. The molecule has 3 rings (SSSR count). The lowest BCUT2D eigenvalue weighted by Crippen LogP contribution is -2.44. The third-order valence-corrected chi connectivity index (χ3v) is 4.48. The lowest BCUT2D eigenvalue weighted by atomic mass is 10.0. The molecule has 0 bridgehead atoms. The highest BCUT2D eigenvalue weighted by Gasteiger charge is 2.24. The van der Waals surface area contributed by atoms with Crippen molar-refractivity contribution in [2.75, 3.05) is 20.2 Å². The van der Waals surface area contributed by atoms with Gasteiger partial charge in [0.2, 0.25) is 0 Å². The maximum Gasteiger partial charge on any atom is 0.341 e. The van der Waals surface area contributed by atoms with Crippen LogP contribution in [0.15, 0.2) is 47.1 Å². The number of furan rings is 1. The molecule has 0 atom stereocenters. The molecule has 1 saturated heterocycles. The highest BCUT2D eigenvalue weighted by molar-refractivity contribution is 5.94. The van der Waals surface area contributed by atoms with Crippen LogP contribution in [0, 0.1) is 0 Å². The van der Waals surface area contributed by atoms with Crippen LogP contribution in [0.2, 0.25) is 0 Å². The first kappa shape index (κ1) is 17.2. The first-order chi connectivity index (χ1) is 12.2. The van der Waals surface area contributed by atoms with Crippen molar-refractivity contribution in [3.8, 4) is 0 Å². The van der Waals surface area contributed by atoms with Crippen molar-refractivity contribution in [1.29, 1.82) is 0 Å². The van der Waals surface area contributed by atoms with Gasteiger partial charge < -0.3 is 14.5 Å². The average molecular weight is 342 g/mol. The van der Waals surface area contributed by atoms with E-state index in [2.05, 4.69) is 10.2 Å². The molecule has 2 aromatic rings. The van der Waals surface area contributed by atoms with Gasteiger partial charge in [0, 0.05) is 24.7 Å². The summed E-state index contributed by atoms with van der Waals surface area (Å²) in [5.41, 5.74) is 1.16. The Morgan fingerprint density at radius 3 is 2.60 bits per heavy atom. The SMILES string of the molecule is COC(=O)c1ccoc1CN1CCC(NC(=O)c2ccccc2)CC1. The topological polar surface area (TPSA) is 71.8 Å². The Morgan fingerprint density at radius 1 is 1.20 bits per heavy atom. The van der Waals surface area contributed by atoms with Crippen LogP contribution < -0.4 is 5.32 Å². The summed E-state index contributed by atoms with van der Waals surface area (Å²) in [6, 6.07) is 11.0. The van der Waals surface area contributed by atoms with Crippen molar-refractivity contribution in [2.24, 2.45) is 0 Å². The van der Waals surface area contributed by atoms with E-state index in [0.717, 1.165) is 25.9 Å². The van der Waals surface area contributed by atoms with Crippen LogP contribution in [0.5, 0.6) is 0 Å². The van der Waals surface area contributed by atoms with E-state index in [-0.39, 0.29) is 17.9 Å². The van der Waals surface area contributed by atoms with Crippen LogP contribution in [-0.4, -0.2) is 43.0 Å². The van der Waals surface area contributed by atoms with Crippen molar-refractivity contribution >= 4 is 11.9 Å². The van der Waals surface area contributed by atoms with Crippen LogP contribution >= 0.6 is 0 Å². The second kappa shape index (κ2) is 7.98. The molecule has 0 saturated carbocycles. The van der Waals surface area contributed by atoms with Gasteiger partial charge in [-0.2, -0.15) is 0 Å². The molecule has 0 unspecified atom stereocenters. The highest BCUT2D eigenvalue weighted by Crippen LogP contribution is 2.18. The fourth-order valence-electron chi connectivity index (χ4n) is 3.05. The monoisotopic (exact) mass is 342 g/mol. The fourth-order valence-corrected chi connectivity index (χ4v) is 3.05. The zero-order chi connectivity index (χ0) is 17.6. The first-order valence-corrected chi connectivity index (χ1v) is 8.40. The van der Waals surface area contributed by atoms with Crippen LogP contribution in [0.3, 0.4) is 0 Å². The molecule has 0 aliphatic carbocycles. The lowest BCUT2D eigenvalue weighted by molar-refractivity contribution is 0.0594. The Bertz CT molecular complexity index is 718. The standard InChI is InChI=1S/C19H22N2O4/c1-24-19(23)16-9-12-25-17(16)13-21-10-7-15(8-11-21)20-18(22)14-5-3-2-4-6-14/h2-6,9,12,15H,7-8,10-11,13H2,1H3,(H,20,22). The number of piperidine rings is 1. The summed E-state index contributed by atoms with van der Waals surface area (Å²) < 4.78 is 10.2. The van der Waals surface area contributed by atoms with Gasteiger partial charge in [0.1, 0.15) is 11.3 Å². The van der Waals surface area contributed by atoms with E-state index in [0.29, 0.717) is 23.4 Å². The summed E-state index contributed by atoms with van der Waals surface area (Å²) >= 11 is 0. The zero-order valence-electron chi connectivity index (χ0n) is 14.2. The average Bonchev–Trinajstić information content (AvgIpc) is 3.11. The van der Waals surface area contributed by atoms with Crippen molar-refractivity contribution < 1.29 is 18.7 Å². The summed E-state index contributed by atoms with van der Waals surface area (Å²) in [6.45, 7) is 2.24. The summed E-state index contributed by atoms with van der Waals surface area (Å²) in [6.07, 6.45) is 3.24. The van der Waals surface area contributed by atoms with Crippen molar-refractivity contribution in [2.45, 2.75) is 25.4 Å². The van der Waals surface area contributed by atoms with Crippen LogP contribution in [0.4, 0.5) is 0 Å². The van der Waals surface area contributed by atoms with Gasteiger partial charge in [0.25, 0.3) is 5.91 Å². The Morgan fingerprint density at radius 2 is 1.92 bits per heavy atom. The van der Waals surface area contributed by atoms with Crippen LogP contribution in [0.25, 0.3) is 0 Å². The van der Waals surface area contributed by atoms with E-state index in [4.69, 9.17) is 9.15 Å². The third-order valence-electron chi connectivity index (χ3n) is 4.48. The zero-order valence-corrected chi connectivity index (χ0v) is 14.2. The maximum absolute atomic E-state index is 12.2. The molecule has 1 aliphatic heterocycles. The molecule has 1 N–H and O–H groups in total. The van der Waals surface area contributed by atoms with Crippen LogP contribution in [0.1, 0.15) is 39.3 Å². The molecule has 1 amide bonds. The molecule has 1 aromatic carbocycles. The van der Waals surface area contributed by atoms with Crippen molar-refractivity contribution in [3.63, 3.8) is 0 Å². The molecular weight excluding hydrogens is 320 g/mol. The molecule has 132 valence electrons. The number of carbonyl (C=O) groups excluding carboxylic acids is 2. The summed E-state index contributed by atoms with van der Waals surface area (Å²) in [4.78, 5) is 26.1. The second-order valence-corrected chi connectivity index (χ2v) is 6.14. The smallest absolute Gasteiger partial charge is 0.341 e. The molecular formula is C19H22N2O4. The highest BCUT2D eigenvalue weighted by atomic mass is 16.5. The predicted octanol–water partition coefficient (Wildman–Crippen LogP) is 2.46. The number of likely N-dealkylation sites (tertiary alicyclic amines) is 1. The Hall–Kier alpha value is -2.60. The number of nitrogens with zero attached hydrogens (tertiary/aromatic N) is 1. The second-order valence-electron chi connectivity index (χ2n) is 6.14. The van der Waals surface area contributed by atoms with Gasteiger partial charge in [-0.25, -0.2) is 4.79 Å². The molecule has 6 heteroatoms. The maximum atomic E-state index is 12.2. The molecule has 25 heavy (non-hydrogen) atoms. The number of carbonyl (C=O) groups is 2. The predicted molar refractivity (Wildman–Crippen MR) is 92.3 cm³/mol. The van der Waals surface area contributed by atoms with E-state index < -0.39 is 0 Å². The first-order valence-electron chi connectivity index (χ1n) is 8.40. The molecule has 0 spiro atoms. The number of ether oxygens (including phenoxy) is 1. The van der Waals surface area contributed by atoms with E-state index in [9.17, 15) is 9.59 Å². The number of nitrogens with one attached hydrogen (secondary N) is 1. The van der Waals surface area contributed by atoms with Gasteiger partial charge in [0.05, 0.1) is 19.9 Å². The number of rotatable bonds is 5. The van der Waals surface area contributed by atoms with Crippen molar-refractivity contribution in [3.05, 3.63) is 59.5 Å². The minimum absolute atomic E-state index is 0.0296. The van der Waals surface area contributed by atoms with E-state index in [1.54, 1.807) is 6.07 Å². The lowest BCUT2D eigenvalue weighted by Gasteiger charge is -2.31. The van der Waals surface area contributed by atoms with E-state index >= 15 is 0 Å².